The van der Waals surface area contributed by atoms with Gasteiger partial charge >= 0.3 is 39.5 Å². The minimum absolute atomic E-state index is 0.107. The van der Waals surface area contributed by atoms with Crippen molar-refractivity contribution in [3.05, 3.63) is 0 Å². The zero-order valence-electron chi connectivity index (χ0n) is 57.6. The number of carbonyl (C=O) groups is 4. The average molecular weight is 1310 g/mol. The van der Waals surface area contributed by atoms with E-state index < -0.39 is 97.5 Å². The maximum absolute atomic E-state index is 13.0. The van der Waals surface area contributed by atoms with Crippen LogP contribution in [0.1, 0.15) is 362 Å². The van der Waals surface area contributed by atoms with Gasteiger partial charge in [-0.05, 0) is 31.6 Å². The fourth-order valence-electron chi connectivity index (χ4n) is 10.6. The number of hydrogen-bond donors (Lipinski definition) is 3. The fourth-order valence-corrected chi connectivity index (χ4v) is 12.2. The summed E-state index contributed by atoms with van der Waals surface area (Å²) in [6.07, 6.45) is 49.8. The Morgan fingerprint density at radius 2 is 0.517 bits per heavy atom. The molecule has 0 aromatic carbocycles. The number of unbranched alkanes of at least 4 members (excludes halogenated alkanes) is 42. The predicted octanol–water partition coefficient (Wildman–Crippen LogP) is 20.1. The fraction of sp³-hybridized carbons (Fsp3) is 0.943. The summed E-state index contributed by atoms with van der Waals surface area (Å²) in [6.45, 7) is 7.25. The van der Waals surface area contributed by atoms with E-state index in [2.05, 4.69) is 34.6 Å². The lowest BCUT2D eigenvalue weighted by Gasteiger charge is -2.21. The van der Waals surface area contributed by atoms with Crippen molar-refractivity contribution < 1.29 is 80.2 Å². The van der Waals surface area contributed by atoms with E-state index >= 15 is 0 Å². The first kappa shape index (κ1) is 87.1. The molecule has 2 unspecified atom stereocenters. The molecule has 0 saturated carbocycles. The smallest absolute Gasteiger partial charge is 0.462 e. The third-order valence-electron chi connectivity index (χ3n) is 16.3. The van der Waals surface area contributed by atoms with Gasteiger partial charge in [-0.2, -0.15) is 0 Å². The number of phosphoric ester groups is 2. The minimum Gasteiger partial charge on any atom is -0.462 e. The van der Waals surface area contributed by atoms with E-state index in [1.807, 2.05) is 0 Å². The summed E-state index contributed by atoms with van der Waals surface area (Å²) >= 11 is 0. The van der Waals surface area contributed by atoms with Gasteiger partial charge in [0, 0.05) is 25.7 Å². The molecule has 0 heterocycles. The van der Waals surface area contributed by atoms with E-state index in [1.54, 1.807) is 0 Å². The summed E-state index contributed by atoms with van der Waals surface area (Å²) in [5.74, 6) is -1.34. The van der Waals surface area contributed by atoms with Crippen molar-refractivity contribution in [2.75, 3.05) is 39.6 Å². The first-order valence-electron chi connectivity index (χ1n) is 36.6. The Bertz CT molecular complexity index is 1720. The van der Waals surface area contributed by atoms with E-state index in [4.69, 9.17) is 37.0 Å². The summed E-state index contributed by atoms with van der Waals surface area (Å²) in [5.41, 5.74) is 0. The van der Waals surface area contributed by atoms with E-state index in [9.17, 15) is 43.2 Å². The Kier molecular flexibility index (Phi) is 62.1. The van der Waals surface area contributed by atoms with Gasteiger partial charge < -0.3 is 33.8 Å². The molecule has 3 N–H and O–H groups in total. The van der Waals surface area contributed by atoms with Gasteiger partial charge in [0.05, 0.1) is 26.4 Å². The van der Waals surface area contributed by atoms with Crippen molar-refractivity contribution in [3.63, 3.8) is 0 Å². The van der Waals surface area contributed by atoms with Crippen LogP contribution in [0.4, 0.5) is 0 Å². The summed E-state index contributed by atoms with van der Waals surface area (Å²) in [7, 11) is -9.90. The topological polar surface area (TPSA) is 237 Å². The molecular weight excluding hydrogens is 1170 g/mol. The third-order valence-corrected chi connectivity index (χ3v) is 18.2. The Hall–Kier alpha value is -1.94. The number of ether oxygens (including phenoxy) is 4. The molecule has 0 saturated heterocycles. The summed E-state index contributed by atoms with van der Waals surface area (Å²) < 4.78 is 68.3. The highest BCUT2D eigenvalue weighted by Crippen LogP contribution is 2.45. The number of phosphoric acid groups is 2. The highest BCUT2D eigenvalue weighted by molar-refractivity contribution is 7.47. The Balaban J connectivity index is 5.24. The Labute approximate surface area is 543 Å². The second-order valence-electron chi connectivity index (χ2n) is 25.7. The first-order valence-corrected chi connectivity index (χ1v) is 39.6. The van der Waals surface area contributed by atoms with E-state index in [-0.39, 0.29) is 25.7 Å². The van der Waals surface area contributed by atoms with Gasteiger partial charge in [-0.3, -0.25) is 37.3 Å². The summed E-state index contributed by atoms with van der Waals surface area (Å²) in [6, 6.07) is 0. The quantitative estimate of drug-likeness (QED) is 0.0222. The van der Waals surface area contributed by atoms with Crippen molar-refractivity contribution in [1.82, 2.24) is 0 Å². The molecule has 0 aliphatic rings. The Morgan fingerprint density at radius 1 is 0.303 bits per heavy atom. The van der Waals surface area contributed by atoms with Crippen LogP contribution in [0.15, 0.2) is 0 Å². The van der Waals surface area contributed by atoms with Crippen molar-refractivity contribution in [2.24, 2.45) is 5.92 Å². The zero-order chi connectivity index (χ0) is 65.6. The normalized spacial score (nSPS) is 14.1. The van der Waals surface area contributed by atoms with Crippen LogP contribution in [-0.2, 0) is 65.4 Å². The maximum Gasteiger partial charge on any atom is 0.472 e. The molecule has 0 aromatic heterocycles. The van der Waals surface area contributed by atoms with E-state index in [0.717, 1.165) is 95.8 Å². The minimum atomic E-state index is -4.95. The molecule has 0 aromatic rings. The number of esters is 4. The van der Waals surface area contributed by atoms with Gasteiger partial charge in [0.1, 0.15) is 19.3 Å². The van der Waals surface area contributed by atoms with Crippen LogP contribution in [0, 0.1) is 5.92 Å². The second kappa shape index (κ2) is 63.5. The van der Waals surface area contributed by atoms with Gasteiger partial charge in [-0.25, -0.2) is 9.13 Å². The number of hydrogen-bond acceptors (Lipinski definition) is 15. The van der Waals surface area contributed by atoms with Crippen molar-refractivity contribution in [2.45, 2.75) is 380 Å². The molecular formula is C70H136O17P2. The third kappa shape index (κ3) is 64.6. The van der Waals surface area contributed by atoms with Crippen LogP contribution in [0.5, 0.6) is 0 Å². The molecule has 0 fully saturated rings. The van der Waals surface area contributed by atoms with Crippen LogP contribution >= 0.6 is 15.6 Å². The molecule has 0 spiro atoms. The molecule has 19 heteroatoms. The van der Waals surface area contributed by atoms with Crippen LogP contribution in [0.25, 0.3) is 0 Å². The van der Waals surface area contributed by atoms with Crippen molar-refractivity contribution in [3.8, 4) is 0 Å². The molecule has 0 radical (unpaired) electrons. The van der Waals surface area contributed by atoms with E-state index in [0.29, 0.717) is 25.7 Å². The van der Waals surface area contributed by atoms with Gasteiger partial charge in [0.15, 0.2) is 12.2 Å². The van der Waals surface area contributed by atoms with Crippen LogP contribution in [0.3, 0.4) is 0 Å². The van der Waals surface area contributed by atoms with Gasteiger partial charge in [0.2, 0.25) is 0 Å². The zero-order valence-corrected chi connectivity index (χ0v) is 59.4. The molecule has 528 valence electrons. The lowest BCUT2D eigenvalue weighted by molar-refractivity contribution is -0.161. The standard InChI is InChI=1S/C70H136O17P2/c1-6-9-12-15-18-21-23-25-30-34-39-44-49-54-68(73)81-60-66(87-70(75)56-51-46-41-36-31-27-26-28-33-37-42-47-52-63(4)5)62-85-89(78,79)83-58-64(71)57-82-88(76,77)84-61-65(59-80-67(72)53-48-43-38-32-20-17-14-11-8-3)86-69(74)55-50-45-40-35-29-24-22-19-16-13-10-7-2/h63-66,71H,6-62H2,1-5H3,(H,76,77)(H,78,79)/t64-,65+,66+/m0/s1. The Morgan fingerprint density at radius 3 is 0.764 bits per heavy atom. The lowest BCUT2D eigenvalue weighted by Crippen LogP contribution is -2.30. The summed E-state index contributed by atoms with van der Waals surface area (Å²) in [4.78, 5) is 72.5. The molecule has 0 bridgehead atoms. The van der Waals surface area contributed by atoms with Gasteiger partial charge in [-0.1, -0.05) is 311 Å². The summed E-state index contributed by atoms with van der Waals surface area (Å²) in [5, 5.41) is 10.6. The molecule has 89 heavy (non-hydrogen) atoms. The number of carbonyl (C=O) groups excluding carboxylic acids is 4. The first-order chi connectivity index (χ1) is 43.0. The van der Waals surface area contributed by atoms with Crippen LogP contribution in [0.2, 0.25) is 0 Å². The highest BCUT2D eigenvalue weighted by Gasteiger charge is 2.30. The number of aliphatic hydroxyl groups is 1. The van der Waals surface area contributed by atoms with Crippen molar-refractivity contribution in [1.29, 1.82) is 0 Å². The van der Waals surface area contributed by atoms with Crippen LogP contribution < -0.4 is 0 Å². The van der Waals surface area contributed by atoms with Gasteiger partial charge in [-0.15, -0.1) is 0 Å². The predicted molar refractivity (Wildman–Crippen MR) is 358 cm³/mol. The maximum atomic E-state index is 13.0. The number of rotatable bonds is 70. The van der Waals surface area contributed by atoms with E-state index in [1.165, 1.54) is 186 Å². The van der Waals surface area contributed by atoms with Crippen molar-refractivity contribution >= 4 is 39.5 Å². The van der Waals surface area contributed by atoms with Gasteiger partial charge in [0.25, 0.3) is 0 Å². The lowest BCUT2D eigenvalue weighted by atomic mass is 10.0. The molecule has 0 aliphatic heterocycles. The largest absolute Gasteiger partial charge is 0.472 e. The number of aliphatic hydroxyl groups excluding tert-OH is 1. The molecule has 17 nitrogen and oxygen atoms in total. The molecule has 0 amide bonds. The molecule has 0 aliphatic carbocycles. The van der Waals surface area contributed by atoms with Crippen LogP contribution in [-0.4, -0.2) is 96.7 Å². The molecule has 5 atom stereocenters. The highest BCUT2D eigenvalue weighted by atomic mass is 31.2. The second-order valence-corrected chi connectivity index (χ2v) is 28.7. The molecule has 0 rings (SSSR count). The average Bonchev–Trinajstić information content (AvgIpc) is 3.68. The SMILES string of the molecule is CCCCCCCCCCCCCCCC(=O)OC[C@H](COP(=O)(O)OC[C@@H](O)COP(=O)(O)OC[C@@H](COC(=O)CCCCCCCCCCC)OC(=O)CCCCCCCCCCCCCC)OC(=O)CCCCCCCCCCCCCCC(C)C. The monoisotopic (exact) mass is 1310 g/mol.